The Morgan fingerprint density at radius 1 is 0.955 bits per heavy atom. The summed E-state index contributed by atoms with van der Waals surface area (Å²) in [5.41, 5.74) is 1.36. The Kier molecular flexibility index (Phi) is 4.23. The number of hydrogen-bond acceptors (Lipinski definition) is 4. The Balaban J connectivity index is 2.12. The summed E-state index contributed by atoms with van der Waals surface area (Å²) in [6.07, 6.45) is 1.77. The molecule has 0 bridgehead atoms. The van der Waals surface area contributed by atoms with Crippen LogP contribution in [0.4, 0.5) is 0 Å². The number of halogens is 2. The van der Waals surface area contributed by atoms with Crippen molar-refractivity contribution in [3.63, 3.8) is 0 Å². The molecule has 7 heteroatoms. The van der Waals surface area contributed by atoms with Gasteiger partial charge in [0.15, 0.2) is 0 Å². The minimum absolute atomic E-state index is 0.279. The molecule has 0 aliphatic carbocycles. The summed E-state index contributed by atoms with van der Waals surface area (Å²) in [7, 11) is 1.78. The lowest BCUT2D eigenvalue weighted by Crippen LogP contribution is -1.92. The van der Waals surface area contributed by atoms with Crippen molar-refractivity contribution in [2.24, 2.45) is 7.05 Å². The molecule has 0 amide bonds. The van der Waals surface area contributed by atoms with Gasteiger partial charge in [-0.3, -0.25) is 0 Å². The number of nitrogens with zero attached hydrogens (tertiary/aromatic N) is 1. The van der Waals surface area contributed by atoms with E-state index in [1.807, 2.05) is 18.2 Å². The molecular weight excluding hydrogens is 361 g/mol. The lowest BCUT2D eigenvalue weighted by atomic mass is 10.2. The molecule has 3 nitrogen and oxygen atoms in total. The Morgan fingerprint density at radius 2 is 1.64 bits per heavy atom. The third-order valence-corrected chi connectivity index (χ3v) is 4.59. The third kappa shape index (κ3) is 2.77. The SMILES string of the molecule is Cn1cc(-c2ccc(-c3cccc(Cl)c3Cl)o2)c(=S)oc1=S. The van der Waals surface area contributed by atoms with Crippen molar-refractivity contribution in [2.45, 2.75) is 0 Å². The monoisotopic (exact) mass is 369 g/mol. The molecule has 22 heavy (non-hydrogen) atoms. The van der Waals surface area contributed by atoms with Crippen molar-refractivity contribution in [3.05, 3.63) is 56.1 Å². The van der Waals surface area contributed by atoms with Crippen LogP contribution in [0.3, 0.4) is 0 Å². The number of rotatable bonds is 2. The van der Waals surface area contributed by atoms with E-state index < -0.39 is 0 Å². The predicted octanol–water partition coefficient (Wildman–Crippen LogP) is 6.31. The number of furan rings is 1. The zero-order valence-electron chi connectivity index (χ0n) is 11.3. The first-order valence-corrected chi connectivity index (χ1v) is 7.80. The van der Waals surface area contributed by atoms with Crippen LogP contribution in [0.1, 0.15) is 0 Å². The molecule has 2 aromatic heterocycles. The molecule has 0 aliphatic rings. The molecule has 0 spiro atoms. The van der Waals surface area contributed by atoms with E-state index >= 15 is 0 Å². The van der Waals surface area contributed by atoms with Crippen LogP contribution in [0.15, 0.2) is 45.4 Å². The van der Waals surface area contributed by atoms with Gasteiger partial charge >= 0.3 is 0 Å². The van der Waals surface area contributed by atoms with Gasteiger partial charge in [0.2, 0.25) is 4.71 Å². The normalized spacial score (nSPS) is 10.9. The number of aryl methyl sites for hydroxylation is 1. The molecule has 0 saturated heterocycles. The zero-order valence-corrected chi connectivity index (χ0v) is 14.4. The first-order valence-electron chi connectivity index (χ1n) is 6.23. The van der Waals surface area contributed by atoms with E-state index in [9.17, 15) is 0 Å². The molecule has 0 fully saturated rings. The lowest BCUT2D eigenvalue weighted by Gasteiger charge is -2.03. The minimum atomic E-state index is 0.279. The first-order chi connectivity index (χ1) is 10.5. The minimum Gasteiger partial charge on any atom is -0.456 e. The van der Waals surface area contributed by atoms with Crippen LogP contribution in [0.2, 0.25) is 10.0 Å². The van der Waals surface area contributed by atoms with Crippen molar-refractivity contribution >= 4 is 47.6 Å². The van der Waals surface area contributed by atoms with Crippen molar-refractivity contribution in [1.29, 1.82) is 0 Å². The van der Waals surface area contributed by atoms with Gasteiger partial charge in [-0.25, -0.2) is 0 Å². The molecule has 0 radical (unpaired) electrons. The van der Waals surface area contributed by atoms with E-state index in [-0.39, 0.29) is 4.71 Å². The summed E-state index contributed by atoms with van der Waals surface area (Å²) < 4.78 is 13.1. The highest BCUT2D eigenvalue weighted by atomic mass is 35.5. The molecular formula is C15H9Cl2NO2S2. The number of benzene rings is 1. The van der Waals surface area contributed by atoms with Gasteiger partial charge in [0, 0.05) is 18.8 Å². The first kappa shape index (κ1) is 15.5. The Hall–Kier alpha value is -1.40. The van der Waals surface area contributed by atoms with Crippen LogP contribution in [0, 0.1) is 9.54 Å². The average molecular weight is 370 g/mol. The second-order valence-corrected chi connectivity index (χ2v) is 6.08. The molecule has 1 aromatic carbocycles. The molecule has 2 heterocycles. The lowest BCUT2D eigenvalue weighted by molar-refractivity contribution is 0.462. The van der Waals surface area contributed by atoms with E-state index in [2.05, 4.69) is 0 Å². The standard InChI is InChI=1S/C15H9Cl2NO2S2/c1-18-7-9(14(21)20-15(18)22)12-6-5-11(19-12)8-3-2-4-10(16)13(8)17/h2-7H,1H3. The van der Waals surface area contributed by atoms with Crippen molar-refractivity contribution in [1.82, 2.24) is 4.57 Å². The van der Waals surface area contributed by atoms with Gasteiger partial charge in [0.05, 0.1) is 15.6 Å². The van der Waals surface area contributed by atoms with E-state index in [0.717, 1.165) is 0 Å². The van der Waals surface area contributed by atoms with Crippen LogP contribution in [-0.4, -0.2) is 4.57 Å². The van der Waals surface area contributed by atoms with Crippen LogP contribution in [0.25, 0.3) is 22.6 Å². The molecule has 3 rings (SSSR count). The van der Waals surface area contributed by atoms with Gasteiger partial charge < -0.3 is 13.4 Å². The topological polar surface area (TPSA) is 31.2 Å². The summed E-state index contributed by atoms with van der Waals surface area (Å²) in [4.78, 5) is 0.304. The highest BCUT2D eigenvalue weighted by Crippen LogP contribution is 2.36. The Morgan fingerprint density at radius 3 is 2.36 bits per heavy atom. The molecule has 3 aromatic rings. The van der Waals surface area contributed by atoms with Crippen LogP contribution in [-0.2, 0) is 7.05 Å². The maximum absolute atomic E-state index is 6.21. The Bertz CT molecular complexity index is 972. The van der Waals surface area contributed by atoms with E-state index in [1.54, 1.807) is 29.9 Å². The summed E-state index contributed by atoms with van der Waals surface area (Å²) in [5, 5.41) is 0.915. The van der Waals surface area contributed by atoms with E-state index in [4.69, 9.17) is 56.5 Å². The Labute approximate surface area is 146 Å². The molecule has 0 saturated carbocycles. The summed E-state index contributed by atoms with van der Waals surface area (Å²) >= 11 is 22.5. The van der Waals surface area contributed by atoms with Crippen LogP contribution >= 0.6 is 47.6 Å². The summed E-state index contributed by atoms with van der Waals surface area (Å²) in [6.45, 7) is 0. The van der Waals surface area contributed by atoms with Gasteiger partial charge in [-0.15, -0.1) is 0 Å². The van der Waals surface area contributed by atoms with Gasteiger partial charge in [0.25, 0.3) is 4.84 Å². The second-order valence-electron chi connectivity index (χ2n) is 4.57. The van der Waals surface area contributed by atoms with Crippen LogP contribution in [0.5, 0.6) is 0 Å². The molecule has 0 aliphatic heterocycles. The third-order valence-electron chi connectivity index (χ3n) is 3.10. The molecule has 0 N–H and O–H groups in total. The molecule has 0 unspecified atom stereocenters. The number of aromatic nitrogens is 1. The predicted molar refractivity (Wildman–Crippen MR) is 92.5 cm³/mol. The van der Waals surface area contributed by atoms with Gasteiger partial charge in [-0.05, 0) is 48.7 Å². The van der Waals surface area contributed by atoms with Gasteiger partial charge in [0.1, 0.15) is 11.5 Å². The highest BCUT2D eigenvalue weighted by Gasteiger charge is 2.13. The summed E-state index contributed by atoms with van der Waals surface area (Å²) in [6, 6.07) is 8.98. The van der Waals surface area contributed by atoms with Gasteiger partial charge in [-0.2, -0.15) is 0 Å². The van der Waals surface area contributed by atoms with E-state index in [1.165, 1.54) is 0 Å². The number of hydrogen-bond donors (Lipinski definition) is 0. The summed E-state index contributed by atoms with van der Waals surface area (Å²) in [5.74, 6) is 1.17. The second kappa shape index (κ2) is 6.01. The van der Waals surface area contributed by atoms with Gasteiger partial charge in [-0.1, -0.05) is 29.3 Å². The fourth-order valence-electron chi connectivity index (χ4n) is 1.99. The highest BCUT2D eigenvalue weighted by molar-refractivity contribution is 7.71. The van der Waals surface area contributed by atoms with Crippen LogP contribution < -0.4 is 0 Å². The quantitative estimate of drug-likeness (QED) is 0.495. The smallest absolute Gasteiger partial charge is 0.269 e. The maximum atomic E-state index is 6.21. The largest absolute Gasteiger partial charge is 0.456 e. The zero-order chi connectivity index (χ0) is 15.9. The van der Waals surface area contributed by atoms with Crippen molar-refractivity contribution in [2.75, 3.05) is 0 Å². The van der Waals surface area contributed by atoms with Crippen molar-refractivity contribution in [3.8, 4) is 22.6 Å². The average Bonchev–Trinajstić information content (AvgIpc) is 2.95. The molecule has 112 valence electrons. The fraction of sp³-hybridized carbons (Fsp3) is 0.0667. The molecule has 0 atom stereocenters. The maximum Gasteiger partial charge on any atom is 0.269 e. The van der Waals surface area contributed by atoms with E-state index in [0.29, 0.717) is 37.5 Å². The van der Waals surface area contributed by atoms with Crippen molar-refractivity contribution < 1.29 is 8.83 Å². The fourth-order valence-corrected chi connectivity index (χ4v) is 2.81.